The SMILES string of the molecule is C=C1C2=C(CCC/C1=C\CCCC)[C@H](CC)OC2. The van der Waals surface area contributed by atoms with Gasteiger partial charge in [-0.3, -0.25) is 0 Å². The van der Waals surface area contributed by atoms with Gasteiger partial charge in [-0.25, -0.2) is 0 Å². The summed E-state index contributed by atoms with van der Waals surface area (Å²) in [5.74, 6) is 0. The van der Waals surface area contributed by atoms with Crippen molar-refractivity contribution in [2.75, 3.05) is 6.61 Å². The lowest BCUT2D eigenvalue weighted by atomic mass is 9.95. The van der Waals surface area contributed by atoms with Crippen LogP contribution in [-0.4, -0.2) is 12.7 Å². The molecule has 0 aromatic carbocycles. The molecular weight excluding hydrogens is 220 g/mol. The number of unbranched alkanes of at least 4 members (excludes halogenated alkanes) is 2. The molecule has 1 aliphatic carbocycles. The van der Waals surface area contributed by atoms with E-state index in [0.29, 0.717) is 6.10 Å². The summed E-state index contributed by atoms with van der Waals surface area (Å²) >= 11 is 0. The molecule has 1 aliphatic heterocycles. The van der Waals surface area contributed by atoms with Crippen molar-refractivity contribution in [3.8, 4) is 0 Å². The Hall–Kier alpha value is -0.820. The summed E-state index contributed by atoms with van der Waals surface area (Å²) < 4.78 is 5.89. The minimum absolute atomic E-state index is 0.367. The molecule has 0 unspecified atom stereocenters. The van der Waals surface area contributed by atoms with Gasteiger partial charge in [0.05, 0.1) is 12.7 Å². The topological polar surface area (TPSA) is 9.23 Å². The fraction of sp³-hybridized carbons (Fsp3) is 0.647. The smallest absolute Gasteiger partial charge is 0.0793 e. The van der Waals surface area contributed by atoms with Crippen molar-refractivity contribution in [1.29, 1.82) is 0 Å². The van der Waals surface area contributed by atoms with Crippen LogP contribution >= 0.6 is 0 Å². The number of hydrogen-bond acceptors (Lipinski definition) is 1. The molecule has 18 heavy (non-hydrogen) atoms. The van der Waals surface area contributed by atoms with E-state index in [0.717, 1.165) is 13.0 Å². The van der Waals surface area contributed by atoms with E-state index in [1.807, 2.05) is 0 Å². The quantitative estimate of drug-likeness (QED) is 0.638. The summed E-state index contributed by atoms with van der Waals surface area (Å²) in [5.41, 5.74) is 5.71. The minimum atomic E-state index is 0.367. The zero-order valence-electron chi connectivity index (χ0n) is 11.9. The highest BCUT2D eigenvalue weighted by Gasteiger charge is 2.28. The van der Waals surface area contributed by atoms with Gasteiger partial charge in [0.2, 0.25) is 0 Å². The zero-order chi connectivity index (χ0) is 13.0. The number of allylic oxidation sites excluding steroid dienone is 2. The Bertz CT molecular complexity index is 373. The Balaban J connectivity index is 2.15. The molecule has 0 saturated carbocycles. The molecule has 2 rings (SSSR count). The summed E-state index contributed by atoms with van der Waals surface area (Å²) in [4.78, 5) is 0. The number of ether oxygens (including phenoxy) is 1. The first kappa shape index (κ1) is 13.6. The van der Waals surface area contributed by atoms with Gasteiger partial charge in [0.15, 0.2) is 0 Å². The monoisotopic (exact) mass is 246 g/mol. The van der Waals surface area contributed by atoms with Crippen LogP contribution < -0.4 is 0 Å². The van der Waals surface area contributed by atoms with E-state index in [1.165, 1.54) is 55.2 Å². The van der Waals surface area contributed by atoms with Crippen LogP contribution in [0.15, 0.2) is 34.9 Å². The molecule has 0 amide bonds. The van der Waals surface area contributed by atoms with E-state index in [4.69, 9.17) is 4.74 Å². The Morgan fingerprint density at radius 2 is 2.17 bits per heavy atom. The third-order valence-corrected chi connectivity index (χ3v) is 4.17. The van der Waals surface area contributed by atoms with Crippen LogP contribution in [0.3, 0.4) is 0 Å². The van der Waals surface area contributed by atoms with E-state index in [-0.39, 0.29) is 0 Å². The fourth-order valence-corrected chi connectivity index (χ4v) is 3.05. The van der Waals surface area contributed by atoms with E-state index < -0.39 is 0 Å². The first-order valence-corrected chi connectivity index (χ1v) is 7.50. The maximum Gasteiger partial charge on any atom is 0.0793 e. The fourth-order valence-electron chi connectivity index (χ4n) is 3.05. The molecule has 0 bridgehead atoms. The molecule has 0 N–H and O–H groups in total. The van der Waals surface area contributed by atoms with Crippen molar-refractivity contribution in [2.24, 2.45) is 0 Å². The summed E-state index contributed by atoms with van der Waals surface area (Å²) in [5, 5.41) is 0. The normalized spacial score (nSPS) is 26.7. The van der Waals surface area contributed by atoms with E-state index >= 15 is 0 Å². The molecule has 0 aromatic rings. The third kappa shape index (κ3) is 2.77. The van der Waals surface area contributed by atoms with Crippen LogP contribution in [-0.2, 0) is 4.74 Å². The molecular formula is C17H26O. The Morgan fingerprint density at radius 1 is 1.33 bits per heavy atom. The first-order chi connectivity index (χ1) is 8.77. The van der Waals surface area contributed by atoms with Gasteiger partial charge in [-0.1, -0.05) is 39.3 Å². The van der Waals surface area contributed by atoms with Crippen molar-refractivity contribution in [3.05, 3.63) is 34.9 Å². The van der Waals surface area contributed by atoms with Crippen LogP contribution in [0, 0.1) is 0 Å². The zero-order valence-corrected chi connectivity index (χ0v) is 11.9. The van der Waals surface area contributed by atoms with Crippen LogP contribution in [0.1, 0.15) is 58.8 Å². The van der Waals surface area contributed by atoms with Crippen molar-refractivity contribution in [1.82, 2.24) is 0 Å². The highest BCUT2D eigenvalue weighted by atomic mass is 16.5. The van der Waals surface area contributed by atoms with Crippen molar-refractivity contribution in [2.45, 2.75) is 64.9 Å². The van der Waals surface area contributed by atoms with Gasteiger partial charge in [-0.15, -0.1) is 0 Å². The van der Waals surface area contributed by atoms with Gasteiger partial charge in [0.1, 0.15) is 0 Å². The Kier molecular flexibility index (Phi) is 4.82. The highest BCUT2D eigenvalue weighted by molar-refractivity contribution is 5.51. The second-order valence-electron chi connectivity index (χ2n) is 5.42. The lowest BCUT2D eigenvalue weighted by Crippen LogP contribution is -2.07. The van der Waals surface area contributed by atoms with Gasteiger partial charge >= 0.3 is 0 Å². The average Bonchev–Trinajstić information content (AvgIpc) is 2.72. The first-order valence-electron chi connectivity index (χ1n) is 7.50. The van der Waals surface area contributed by atoms with Gasteiger partial charge in [-0.2, -0.15) is 0 Å². The molecule has 2 aliphatic rings. The van der Waals surface area contributed by atoms with Crippen molar-refractivity contribution >= 4 is 0 Å². The summed E-state index contributed by atoms with van der Waals surface area (Å²) in [7, 11) is 0. The molecule has 1 nitrogen and oxygen atoms in total. The molecule has 1 heterocycles. The molecule has 0 radical (unpaired) electrons. The van der Waals surface area contributed by atoms with Crippen molar-refractivity contribution < 1.29 is 4.74 Å². The van der Waals surface area contributed by atoms with E-state index in [1.54, 1.807) is 5.57 Å². The van der Waals surface area contributed by atoms with Gasteiger partial charge < -0.3 is 4.74 Å². The number of rotatable bonds is 4. The maximum absolute atomic E-state index is 5.89. The van der Waals surface area contributed by atoms with Crippen LogP contribution in [0.4, 0.5) is 0 Å². The molecule has 1 heteroatoms. The molecule has 100 valence electrons. The number of hydrogen-bond donors (Lipinski definition) is 0. The minimum Gasteiger partial charge on any atom is -0.369 e. The summed E-state index contributed by atoms with van der Waals surface area (Å²) in [6.45, 7) is 9.59. The second kappa shape index (κ2) is 6.38. The summed E-state index contributed by atoms with van der Waals surface area (Å²) in [6.07, 6.45) is 11.3. The predicted molar refractivity (Wildman–Crippen MR) is 77.7 cm³/mol. The van der Waals surface area contributed by atoms with Gasteiger partial charge in [0, 0.05) is 0 Å². The lowest BCUT2D eigenvalue weighted by Gasteiger charge is -2.11. The molecule has 0 fully saturated rings. The van der Waals surface area contributed by atoms with Crippen LogP contribution in [0.25, 0.3) is 0 Å². The van der Waals surface area contributed by atoms with Gasteiger partial charge in [-0.05, 0) is 54.4 Å². The molecule has 0 saturated heterocycles. The van der Waals surface area contributed by atoms with Gasteiger partial charge in [0.25, 0.3) is 0 Å². The standard InChI is InChI=1S/C17H26O/c1-4-6-7-9-14-10-8-11-15-16(13(14)3)12-18-17(15)5-2/h9,17H,3-8,10-12H2,1-2H3/b14-9+/t17-/m0/s1. The lowest BCUT2D eigenvalue weighted by molar-refractivity contribution is 0.115. The third-order valence-electron chi connectivity index (χ3n) is 4.17. The second-order valence-corrected chi connectivity index (χ2v) is 5.42. The van der Waals surface area contributed by atoms with E-state index in [9.17, 15) is 0 Å². The Labute approximate surface area is 112 Å². The average molecular weight is 246 g/mol. The van der Waals surface area contributed by atoms with Crippen LogP contribution in [0.2, 0.25) is 0 Å². The largest absolute Gasteiger partial charge is 0.369 e. The molecule has 0 aromatic heterocycles. The molecule has 0 spiro atoms. The molecule has 1 atom stereocenters. The Morgan fingerprint density at radius 3 is 2.89 bits per heavy atom. The van der Waals surface area contributed by atoms with E-state index in [2.05, 4.69) is 26.5 Å². The highest BCUT2D eigenvalue weighted by Crippen LogP contribution is 2.38. The predicted octanol–water partition coefficient (Wildman–Crippen LogP) is 4.95. The summed E-state index contributed by atoms with van der Waals surface area (Å²) in [6, 6.07) is 0. The maximum atomic E-state index is 5.89. The van der Waals surface area contributed by atoms with Crippen molar-refractivity contribution in [3.63, 3.8) is 0 Å². The van der Waals surface area contributed by atoms with Crippen LogP contribution in [0.5, 0.6) is 0 Å².